The number of hydrogen-bond donors (Lipinski definition) is 2. The second kappa shape index (κ2) is 8.03. The summed E-state index contributed by atoms with van der Waals surface area (Å²) >= 11 is 0. The monoisotopic (exact) mass is 339 g/mol. The smallest absolute Gasteiger partial charge is 0.255 e. The van der Waals surface area contributed by atoms with Crippen LogP contribution >= 0.6 is 0 Å². The minimum absolute atomic E-state index is 0.0876. The topological polar surface area (TPSA) is 53.6 Å². The Morgan fingerprint density at radius 3 is 2.88 bits per heavy atom. The lowest BCUT2D eigenvalue weighted by atomic mass is 10.1. The molecule has 0 bridgehead atoms. The quantitative estimate of drug-likeness (QED) is 0.849. The summed E-state index contributed by atoms with van der Waals surface area (Å²) in [6.45, 7) is 2.58. The molecule has 0 unspecified atom stereocenters. The van der Waals surface area contributed by atoms with E-state index < -0.39 is 0 Å². The fourth-order valence-corrected chi connectivity index (χ4v) is 3.28. The molecule has 1 amide bonds. The van der Waals surface area contributed by atoms with Crippen molar-refractivity contribution < 1.29 is 9.53 Å². The van der Waals surface area contributed by atoms with Gasteiger partial charge in [0.2, 0.25) is 0 Å². The van der Waals surface area contributed by atoms with Crippen LogP contribution < -0.4 is 15.4 Å². The highest BCUT2D eigenvalue weighted by Crippen LogP contribution is 2.26. The molecule has 3 rings (SSSR count). The van der Waals surface area contributed by atoms with Crippen molar-refractivity contribution in [2.75, 3.05) is 39.1 Å². The largest absolute Gasteiger partial charge is 0.497 e. The zero-order chi connectivity index (χ0) is 17.6. The fourth-order valence-electron chi connectivity index (χ4n) is 3.28. The Morgan fingerprint density at radius 1 is 1.24 bits per heavy atom. The molecule has 2 aromatic carbocycles. The Hall–Kier alpha value is -2.53. The molecule has 132 valence electrons. The van der Waals surface area contributed by atoms with Crippen molar-refractivity contribution in [1.82, 2.24) is 10.2 Å². The molecule has 1 aliphatic rings. The second-order valence-electron chi connectivity index (χ2n) is 6.37. The highest BCUT2D eigenvalue weighted by atomic mass is 16.5. The Kier molecular flexibility index (Phi) is 5.56. The van der Waals surface area contributed by atoms with Crippen LogP contribution in [-0.4, -0.2) is 44.6 Å². The van der Waals surface area contributed by atoms with Gasteiger partial charge in [0.15, 0.2) is 0 Å². The summed E-state index contributed by atoms with van der Waals surface area (Å²) in [5.74, 6) is 1.40. The molecule has 2 aromatic rings. The predicted molar refractivity (Wildman–Crippen MR) is 101 cm³/mol. The average molecular weight is 339 g/mol. The number of benzene rings is 2. The summed E-state index contributed by atoms with van der Waals surface area (Å²) in [7, 11) is 3.60. The number of carbonyl (C=O) groups excluding carboxylic acids is 1. The SMILES string of the molecule is CNC[C@H]1CCN(C(=O)c2ccccc2Nc2cccc(OC)c2)C1. The number of ether oxygens (including phenoxy) is 1. The van der Waals surface area contributed by atoms with Crippen molar-refractivity contribution in [2.24, 2.45) is 5.92 Å². The van der Waals surface area contributed by atoms with Gasteiger partial charge >= 0.3 is 0 Å². The van der Waals surface area contributed by atoms with Crippen LogP contribution in [0.15, 0.2) is 48.5 Å². The Bertz CT molecular complexity index is 732. The van der Waals surface area contributed by atoms with Crippen molar-refractivity contribution >= 4 is 17.3 Å². The van der Waals surface area contributed by atoms with E-state index in [2.05, 4.69) is 10.6 Å². The minimum atomic E-state index is 0.0876. The van der Waals surface area contributed by atoms with Crippen LogP contribution in [0.4, 0.5) is 11.4 Å². The molecule has 1 atom stereocenters. The van der Waals surface area contributed by atoms with Crippen LogP contribution in [0.1, 0.15) is 16.8 Å². The summed E-state index contributed by atoms with van der Waals surface area (Å²) < 4.78 is 5.27. The van der Waals surface area contributed by atoms with Gasteiger partial charge in [0.1, 0.15) is 5.75 Å². The zero-order valence-electron chi connectivity index (χ0n) is 14.8. The lowest BCUT2D eigenvalue weighted by Gasteiger charge is -2.19. The first-order valence-corrected chi connectivity index (χ1v) is 8.65. The fraction of sp³-hybridized carbons (Fsp3) is 0.350. The van der Waals surface area contributed by atoms with E-state index in [-0.39, 0.29) is 5.91 Å². The zero-order valence-corrected chi connectivity index (χ0v) is 14.8. The maximum absolute atomic E-state index is 13.0. The maximum Gasteiger partial charge on any atom is 0.255 e. The lowest BCUT2D eigenvalue weighted by Crippen LogP contribution is -2.30. The van der Waals surface area contributed by atoms with E-state index >= 15 is 0 Å². The first kappa shape index (κ1) is 17.3. The van der Waals surface area contributed by atoms with E-state index in [0.29, 0.717) is 11.5 Å². The van der Waals surface area contributed by atoms with Gasteiger partial charge in [0.05, 0.1) is 18.4 Å². The molecule has 1 saturated heterocycles. The molecule has 1 heterocycles. The van der Waals surface area contributed by atoms with Crippen molar-refractivity contribution in [2.45, 2.75) is 6.42 Å². The van der Waals surface area contributed by atoms with Crippen LogP contribution in [0.2, 0.25) is 0 Å². The van der Waals surface area contributed by atoms with E-state index in [0.717, 1.165) is 43.2 Å². The molecule has 0 aliphatic carbocycles. The summed E-state index contributed by atoms with van der Waals surface area (Å²) in [4.78, 5) is 14.9. The number of methoxy groups -OCH3 is 1. The van der Waals surface area contributed by atoms with Crippen molar-refractivity contribution in [3.8, 4) is 5.75 Å². The third-order valence-corrected chi connectivity index (χ3v) is 4.57. The number of para-hydroxylation sites is 1. The lowest BCUT2D eigenvalue weighted by molar-refractivity contribution is 0.0788. The molecular weight excluding hydrogens is 314 g/mol. The first-order valence-electron chi connectivity index (χ1n) is 8.65. The summed E-state index contributed by atoms with van der Waals surface area (Å²) in [6, 6.07) is 15.4. The highest BCUT2D eigenvalue weighted by molar-refractivity contribution is 6.00. The van der Waals surface area contributed by atoms with Gasteiger partial charge in [-0.3, -0.25) is 4.79 Å². The van der Waals surface area contributed by atoms with Crippen LogP contribution in [0.3, 0.4) is 0 Å². The normalized spacial score (nSPS) is 16.7. The third-order valence-electron chi connectivity index (χ3n) is 4.57. The molecule has 0 saturated carbocycles. The molecule has 0 aromatic heterocycles. The van der Waals surface area contributed by atoms with Crippen molar-refractivity contribution in [3.05, 3.63) is 54.1 Å². The van der Waals surface area contributed by atoms with Gasteiger partial charge in [-0.15, -0.1) is 0 Å². The molecule has 2 N–H and O–H groups in total. The molecule has 25 heavy (non-hydrogen) atoms. The van der Waals surface area contributed by atoms with E-state index in [1.807, 2.05) is 60.5 Å². The summed E-state index contributed by atoms with van der Waals surface area (Å²) in [6.07, 6.45) is 1.05. The van der Waals surface area contributed by atoms with Gasteiger partial charge in [0, 0.05) is 24.8 Å². The van der Waals surface area contributed by atoms with Crippen LogP contribution in [0.25, 0.3) is 0 Å². The summed E-state index contributed by atoms with van der Waals surface area (Å²) in [5.41, 5.74) is 2.42. The summed E-state index contributed by atoms with van der Waals surface area (Å²) in [5, 5.41) is 6.55. The maximum atomic E-state index is 13.0. The predicted octanol–water partition coefficient (Wildman–Crippen LogP) is 3.12. The van der Waals surface area contributed by atoms with Crippen LogP contribution in [0, 0.1) is 5.92 Å². The second-order valence-corrected chi connectivity index (χ2v) is 6.37. The van der Waals surface area contributed by atoms with Crippen LogP contribution in [0.5, 0.6) is 5.75 Å². The number of rotatable bonds is 6. The third kappa shape index (κ3) is 4.12. The average Bonchev–Trinajstić information content (AvgIpc) is 3.11. The van der Waals surface area contributed by atoms with Gasteiger partial charge in [-0.1, -0.05) is 18.2 Å². The van der Waals surface area contributed by atoms with E-state index in [4.69, 9.17) is 4.74 Å². The Balaban J connectivity index is 1.77. The standard InChI is InChI=1S/C20H25N3O2/c1-21-13-15-10-11-23(14-15)20(24)18-8-3-4-9-19(18)22-16-6-5-7-17(12-16)25-2/h3-9,12,15,21-22H,10-11,13-14H2,1-2H3/t15-/m1/s1. The van der Waals surface area contributed by atoms with Gasteiger partial charge < -0.3 is 20.3 Å². The van der Waals surface area contributed by atoms with E-state index in [1.54, 1.807) is 7.11 Å². The van der Waals surface area contributed by atoms with E-state index in [9.17, 15) is 4.79 Å². The molecule has 1 aliphatic heterocycles. The molecule has 0 radical (unpaired) electrons. The van der Waals surface area contributed by atoms with Gasteiger partial charge in [0.25, 0.3) is 5.91 Å². The molecular formula is C20H25N3O2. The number of likely N-dealkylation sites (tertiary alicyclic amines) is 1. The number of carbonyl (C=O) groups is 1. The highest BCUT2D eigenvalue weighted by Gasteiger charge is 2.27. The molecule has 0 spiro atoms. The van der Waals surface area contributed by atoms with E-state index in [1.165, 1.54) is 0 Å². The molecule has 5 heteroatoms. The van der Waals surface area contributed by atoms with Gasteiger partial charge in [-0.25, -0.2) is 0 Å². The Morgan fingerprint density at radius 2 is 2.08 bits per heavy atom. The minimum Gasteiger partial charge on any atom is -0.497 e. The van der Waals surface area contributed by atoms with Gasteiger partial charge in [-0.2, -0.15) is 0 Å². The number of nitrogens with zero attached hydrogens (tertiary/aromatic N) is 1. The molecule has 5 nitrogen and oxygen atoms in total. The first-order chi connectivity index (χ1) is 12.2. The van der Waals surface area contributed by atoms with Gasteiger partial charge in [-0.05, 0) is 50.2 Å². The number of hydrogen-bond acceptors (Lipinski definition) is 4. The van der Waals surface area contributed by atoms with Crippen molar-refractivity contribution in [3.63, 3.8) is 0 Å². The van der Waals surface area contributed by atoms with Crippen molar-refractivity contribution in [1.29, 1.82) is 0 Å². The number of amides is 1. The number of nitrogens with one attached hydrogen (secondary N) is 2. The van der Waals surface area contributed by atoms with Crippen LogP contribution in [-0.2, 0) is 0 Å². The molecule has 1 fully saturated rings. The number of anilines is 2. The Labute approximate surface area is 149 Å².